The number of fused-ring (bicyclic) bond motifs is 1. The molecule has 1 heterocycles. The molecule has 166 valence electrons. The van der Waals surface area contributed by atoms with Crippen LogP contribution in [0.25, 0.3) is 11.1 Å². The number of ether oxygens (including phenoxy) is 2. The van der Waals surface area contributed by atoms with Crippen LogP contribution in [-0.2, 0) is 12.0 Å². The molecule has 1 aliphatic heterocycles. The van der Waals surface area contributed by atoms with E-state index in [-0.39, 0.29) is 39.6 Å². The third-order valence-electron chi connectivity index (χ3n) is 5.66. The Morgan fingerprint density at radius 2 is 1.94 bits per heavy atom. The highest BCUT2D eigenvalue weighted by Gasteiger charge is 2.43. The number of methoxy groups -OCH3 is 1. The maximum atomic E-state index is 15.5. The topological polar surface area (TPSA) is 73.6 Å². The number of likely N-dealkylation sites (N-methyl/N-ethyl adjacent to an activating group) is 1. The molecule has 0 saturated carbocycles. The summed E-state index contributed by atoms with van der Waals surface area (Å²) in [6.45, 7) is 0.396. The van der Waals surface area contributed by atoms with E-state index in [0.29, 0.717) is 12.1 Å². The number of nitrogens with two attached hydrogens (primary N) is 1. The highest BCUT2D eigenvalue weighted by molar-refractivity contribution is 6.34. The van der Waals surface area contributed by atoms with Gasteiger partial charge in [-0.2, -0.15) is 0 Å². The molecule has 0 unspecified atom stereocenters. The van der Waals surface area contributed by atoms with Crippen molar-refractivity contribution in [2.45, 2.75) is 12.0 Å². The van der Waals surface area contributed by atoms with E-state index in [1.165, 1.54) is 25.3 Å². The first-order valence-corrected chi connectivity index (χ1v) is 10.3. The lowest BCUT2D eigenvalue weighted by molar-refractivity contribution is 0.0940. The van der Waals surface area contributed by atoms with Gasteiger partial charge < -0.3 is 20.5 Å². The molecule has 8 heteroatoms. The fourth-order valence-corrected chi connectivity index (χ4v) is 4.52. The molecule has 3 N–H and O–H groups in total. The molecule has 4 rings (SSSR count). The van der Waals surface area contributed by atoms with Crippen molar-refractivity contribution in [3.8, 4) is 22.6 Å². The minimum atomic E-state index is -0.882. The van der Waals surface area contributed by atoms with Crippen molar-refractivity contribution in [3.05, 3.63) is 81.9 Å². The van der Waals surface area contributed by atoms with Gasteiger partial charge in [0.05, 0.1) is 17.7 Å². The molecule has 0 spiro atoms. The Bertz CT molecular complexity index is 1200. The number of halogens is 3. The van der Waals surface area contributed by atoms with Crippen LogP contribution >= 0.6 is 11.6 Å². The smallest absolute Gasteiger partial charge is 0.249 e. The summed E-state index contributed by atoms with van der Waals surface area (Å²) in [4.78, 5) is 12.1. The summed E-state index contributed by atoms with van der Waals surface area (Å²) in [6, 6.07) is 13.2. The predicted molar refractivity (Wildman–Crippen MR) is 118 cm³/mol. The number of nitrogens with one attached hydrogen (secondary N) is 1. The average molecular weight is 459 g/mol. The third kappa shape index (κ3) is 3.47. The number of benzene rings is 3. The summed E-state index contributed by atoms with van der Waals surface area (Å²) in [5, 5.41) is 2.79. The number of rotatable bonds is 6. The quantitative estimate of drug-likeness (QED) is 0.572. The number of hydrogen-bond acceptors (Lipinski definition) is 4. The van der Waals surface area contributed by atoms with E-state index in [2.05, 4.69) is 5.32 Å². The summed E-state index contributed by atoms with van der Waals surface area (Å²) in [7, 11) is 3.07. The molecule has 0 bridgehead atoms. The summed E-state index contributed by atoms with van der Waals surface area (Å²) >= 11 is 6.37. The van der Waals surface area contributed by atoms with E-state index in [1.807, 2.05) is 30.3 Å². The molecule has 1 atom stereocenters. The van der Waals surface area contributed by atoms with E-state index in [1.54, 1.807) is 7.05 Å². The summed E-state index contributed by atoms with van der Waals surface area (Å²) in [5.41, 5.74) is 5.64. The minimum Gasteiger partial charge on any atom is -0.494 e. The molecule has 32 heavy (non-hydrogen) atoms. The zero-order valence-corrected chi connectivity index (χ0v) is 18.2. The minimum absolute atomic E-state index is 0.0285. The molecule has 0 radical (unpaired) electrons. The molecule has 3 aromatic rings. The Labute approximate surface area is 189 Å². The normalized spacial score (nSPS) is 17.0. The monoisotopic (exact) mass is 458 g/mol. The van der Waals surface area contributed by atoms with E-state index in [9.17, 15) is 9.18 Å². The zero-order valence-electron chi connectivity index (χ0n) is 17.5. The van der Waals surface area contributed by atoms with Crippen LogP contribution in [0.5, 0.6) is 11.5 Å². The molecule has 3 aromatic carbocycles. The molecule has 0 saturated heterocycles. The van der Waals surface area contributed by atoms with Gasteiger partial charge in [0.2, 0.25) is 5.91 Å². The Kier molecular flexibility index (Phi) is 5.79. The summed E-state index contributed by atoms with van der Waals surface area (Å²) in [5.74, 6) is -2.43. The second kappa shape index (κ2) is 8.41. The first-order valence-electron chi connectivity index (χ1n) is 9.89. The van der Waals surface area contributed by atoms with Crippen molar-refractivity contribution in [2.75, 3.05) is 20.7 Å². The van der Waals surface area contributed by atoms with E-state index < -0.39 is 23.1 Å². The molecule has 0 aromatic heterocycles. The maximum Gasteiger partial charge on any atom is 0.249 e. The van der Waals surface area contributed by atoms with Gasteiger partial charge in [-0.15, -0.1) is 0 Å². The van der Waals surface area contributed by atoms with E-state index in [0.717, 1.165) is 5.56 Å². The predicted octanol–water partition coefficient (Wildman–Crippen LogP) is 4.44. The number of primary amides is 1. The lowest BCUT2D eigenvalue weighted by atomic mass is 9.85. The highest BCUT2D eigenvalue weighted by Crippen LogP contribution is 2.50. The van der Waals surface area contributed by atoms with Crippen LogP contribution in [0, 0.1) is 11.6 Å². The van der Waals surface area contributed by atoms with Gasteiger partial charge in [-0.05, 0) is 24.7 Å². The highest BCUT2D eigenvalue weighted by atomic mass is 35.5. The number of hydrogen-bond donors (Lipinski definition) is 2. The van der Waals surface area contributed by atoms with Crippen molar-refractivity contribution >= 4 is 17.5 Å². The van der Waals surface area contributed by atoms with Crippen LogP contribution in [0.3, 0.4) is 0 Å². The molecule has 0 aliphatic carbocycles. The standard InChI is InChI=1S/C24H21ClF2N2O3/c1-29-12-24(13-6-4-3-5-7-13)11-15-18(32-24)10-16(26)21(25)19(15)20-14(23(28)30)8-9-17(31-2)22(20)27/h3-10,29H,11-12H2,1-2H3,(H2,28,30)/t24-/m1/s1. The zero-order chi connectivity index (χ0) is 23.0. The van der Waals surface area contributed by atoms with E-state index in [4.69, 9.17) is 26.8 Å². The van der Waals surface area contributed by atoms with Crippen LogP contribution in [-0.4, -0.2) is 26.6 Å². The second-order valence-corrected chi connectivity index (χ2v) is 7.94. The van der Waals surface area contributed by atoms with Gasteiger partial charge in [-0.3, -0.25) is 4.79 Å². The Hall–Kier alpha value is -3.16. The van der Waals surface area contributed by atoms with Gasteiger partial charge in [0, 0.05) is 35.7 Å². The van der Waals surface area contributed by atoms with Crippen molar-refractivity contribution < 1.29 is 23.0 Å². The Morgan fingerprint density at radius 1 is 1.22 bits per heavy atom. The maximum absolute atomic E-state index is 15.5. The molecule has 1 aliphatic rings. The lowest BCUT2D eigenvalue weighted by Gasteiger charge is -2.29. The van der Waals surface area contributed by atoms with Crippen molar-refractivity contribution in [1.29, 1.82) is 0 Å². The summed E-state index contributed by atoms with van der Waals surface area (Å²) < 4.78 is 41.7. The van der Waals surface area contributed by atoms with Gasteiger partial charge in [-0.1, -0.05) is 41.9 Å². The lowest BCUT2D eigenvalue weighted by Crippen LogP contribution is -2.41. The summed E-state index contributed by atoms with van der Waals surface area (Å²) in [6.07, 6.45) is 0.261. The van der Waals surface area contributed by atoms with Crippen LogP contribution < -0.4 is 20.5 Å². The first-order chi connectivity index (χ1) is 15.3. The molecule has 5 nitrogen and oxygen atoms in total. The second-order valence-electron chi connectivity index (χ2n) is 7.56. The Morgan fingerprint density at radius 3 is 2.56 bits per heavy atom. The third-order valence-corrected chi connectivity index (χ3v) is 6.03. The number of carbonyl (C=O) groups excluding carboxylic acids is 1. The fraction of sp³-hybridized carbons (Fsp3) is 0.208. The largest absolute Gasteiger partial charge is 0.494 e. The first kappa shape index (κ1) is 22.0. The van der Waals surface area contributed by atoms with E-state index >= 15 is 4.39 Å². The molecule has 0 fully saturated rings. The average Bonchev–Trinajstić information content (AvgIpc) is 3.14. The van der Waals surface area contributed by atoms with Crippen LogP contribution in [0.2, 0.25) is 5.02 Å². The van der Waals surface area contributed by atoms with Crippen LogP contribution in [0.1, 0.15) is 21.5 Å². The van der Waals surface area contributed by atoms with Crippen LogP contribution in [0.15, 0.2) is 48.5 Å². The van der Waals surface area contributed by atoms with Gasteiger partial charge >= 0.3 is 0 Å². The van der Waals surface area contributed by atoms with Gasteiger partial charge in [0.25, 0.3) is 0 Å². The van der Waals surface area contributed by atoms with Gasteiger partial charge in [0.15, 0.2) is 17.2 Å². The fourth-order valence-electron chi connectivity index (χ4n) is 4.25. The van der Waals surface area contributed by atoms with Crippen LogP contribution in [0.4, 0.5) is 8.78 Å². The van der Waals surface area contributed by atoms with Crippen molar-refractivity contribution in [2.24, 2.45) is 5.73 Å². The Balaban J connectivity index is 2.00. The van der Waals surface area contributed by atoms with Crippen molar-refractivity contribution in [1.82, 2.24) is 5.32 Å². The molecule has 1 amide bonds. The van der Waals surface area contributed by atoms with Gasteiger partial charge in [0.1, 0.15) is 11.6 Å². The molecular formula is C24H21ClF2N2O3. The number of carbonyl (C=O) groups is 1. The van der Waals surface area contributed by atoms with Gasteiger partial charge in [-0.25, -0.2) is 8.78 Å². The number of amides is 1. The molecular weight excluding hydrogens is 438 g/mol. The van der Waals surface area contributed by atoms with Crippen molar-refractivity contribution in [3.63, 3.8) is 0 Å². The SMILES string of the molecule is CNC[C@@]1(c2ccccc2)Cc2c(cc(F)c(Cl)c2-c2c(C(N)=O)ccc(OC)c2F)O1.